The van der Waals surface area contributed by atoms with Crippen LogP contribution in [-0.4, -0.2) is 54.7 Å². The summed E-state index contributed by atoms with van der Waals surface area (Å²) in [4.78, 5) is 5.96. The van der Waals surface area contributed by atoms with Gasteiger partial charge >= 0.3 is 0 Å². The summed E-state index contributed by atoms with van der Waals surface area (Å²) >= 11 is 1.78. The van der Waals surface area contributed by atoms with Crippen LogP contribution in [0.1, 0.15) is 16.5 Å². The van der Waals surface area contributed by atoms with Gasteiger partial charge in [0.15, 0.2) is 0 Å². The van der Waals surface area contributed by atoms with Gasteiger partial charge < -0.3 is 10.0 Å². The fourth-order valence-corrected chi connectivity index (χ4v) is 4.09. The predicted molar refractivity (Wildman–Crippen MR) is 85.5 cm³/mol. The molecule has 1 atom stereocenters. The van der Waals surface area contributed by atoms with Crippen molar-refractivity contribution < 1.29 is 5.11 Å². The van der Waals surface area contributed by atoms with E-state index in [9.17, 15) is 5.11 Å². The summed E-state index contributed by atoms with van der Waals surface area (Å²) in [5, 5.41) is 11.9. The van der Waals surface area contributed by atoms with Crippen LogP contribution < -0.4 is 0 Å². The molecule has 0 aliphatic carbocycles. The van der Waals surface area contributed by atoms with E-state index in [1.807, 2.05) is 0 Å². The fraction of sp³-hybridized carbons (Fsp3) is 0.500. The van der Waals surface area contributed by atoms with Crippen LogP contribution in [0.25, 0.3) is 10.1 Å². The number of likely N-dealkylation sites (N-methyl/N-ethyl adjacent to an activating group) is 1. The van der Waals surface area contributed by atoms with Gasteiger partial charge in [-0.15, -0.1) is 11.3 Å². The molecule has 4 heteroatoms. The van der Waals surface area contributed by atoms with Gasteiger partial charge in [-0.3, -0.25) is 4.90 Å². The molecule has 3 rings (SSSR count). The van der Waals surface area contributed by atoms with Crippen molar-refractivity contribution in [3.8, 4) is 0 Å². The molecule has 1 fully saturated rings. The van der Waals surface area contributed by atoms with Gasteiger partial charge in [-0.2, -0.15) is 0 Å². The predicted octanol–water partition coefficient (Wildman–Crippen LogP) is 2.49. The van der Waals surface area contributed by atoms with Crippen LogP contribution in [0.4, 0.5) is 0 Å². The lowest BCUT2D eigenvalue weighted by atomic mass is 10.0. The molecule has 1 unspecified atom stereocenters. The molecule has 20 heavy (non-hydrogen) atoms. The van der Waals surface area contributed by atoms with Gasteiger partial charge in [0.25, 0.3) is 0 Å². The van der Waals surface area contributed by atoms with Crippen molar-refractivity contribution in [1.29, 1.82) is 0 Å². The normalized spacial score (nSPS) is 19.6. The summed E-state index contributed by atoms with van der Waals surface area (Å²) in [6.07, 6.45) is -0.380. The minimum Gasteiger partial charge on any atom is -0.387 e. The molecule has 0 bridgehead atoms. The van der Waals surface area contributed by atoms with Crippen LogP contribution in [0.5, 0.6) is 0 Å². The lowest BCUT2D eigenvalue weighted by molar-refractivity contribution is 0.0811. The second-order valence-corrected chi connectivity index (χ2v) is 6.94. The van der Waals surface area contributed by atoms with Crippen LogP contribution in [0.15, 0.2) is 24.3 Å². The Morgan fingerprint density at radius 3 is 2.65 bits per heavy atom. The van der Waals surface area contributed by atoms with E-state index in [0.29, 0.717) is 0 Å². The Morgan fingerprint density at radius 2 is 1.90 bits per heavy atom. The molecule has 0 saturated carbocycles. The standard InChI is InChI=1S/C16H22N2OS/c1-12-16(13-5-3-4-6-15(13)20-12)14(19)11-18-9-7-17(2)8-10-18/h3-6,14,19H,7-11H2,1-2H3. The SMILES string of the molecule is Cc1sc2ccccc2c1C(O)CN1CCN(C)CC1. The van der Waals surface area contributed by atoms with Gasteiger partial charge in [-0.05, 0) is 25.4 Å². The lowest BCUT2D eigenvalue weighted by Gasteiger charge is -2.33. The first kappa shape index (κ1) is 14.0. The third-order valence-corrected chi connectivity index (χ3v) is 5.28. The highest BCUT2D eigenvalue weighted by Gasteiger charge is 2.21. The minimum absolute atomic E-state index is 0.380. The van der Waals surface area contributed by atoms with E-state index < -0.39 is 0 Å². The largest absolute Gasteiger partial charge is 0.387 e. The number of aliphatic hydroxyl groups excluding tert-OH is 1. The Kier molecular flexibility index (Phi) is 4.08. The summed E-state index contributed by atoms with van der Waals surface area (Å²) in [5.41, 5.74) is 1.13. The average Bonchev–Trinajstić information content (AvgIpc) is 2.77. The Balaban J connectivity index is 1.78. The maximum Gasteiger partial charge on any atom is 0.0933 e. The number of nitrogens with zero attached hydrogens (tertiary/aromatic N) is 2. The highest BCUT2D eigenvalue weighted by Crippen LogP contribution is 2.35. The second kappa shape index (κ2) is 5.82. The van der Waals surface area contributed by atoms with Crippen LogP contribution in [0.3, 0.4) is 0 Å². The molecule has 3 nitrogen and oxygen atoms in total. The van der Waals surface area contributed by atoms with Gasteiger partial charge in [-0.25, -0.2) is 0 Å². The Hall–Kier alpha value is -0.940. The number of aliphatic hydroxyl groups is 1. The molecule has 1 aliphatic rings. The number of hydrogen-bond donors (Lipinski definition) is 1. The van der Waals surface area contributed by atoms with Gasteiger partial charge in [0.1, 0.15) is 0 Å². The minimum atomic E-state index is -0.380. The second-order valence-electron chi connectivity index (χ2n) is 5.69. The van der Waals surface area contributed by atoms with E-state index in [1.165, 1.54) is 15.0 Å². The van der Waals surface area contributed by atoms with E-state index in [0.717, 1.165) is 38.3 Å². The number of piperazine rings is 1. The van der Waals surface area contributed by atoms with Crippen molar-refractivity contribution in [2.24, 2.45) is 0 Å². The quantitative estimate of drug-likeness (QED) is 0.941. The monoisotopic (exact) mass is 290 g/mol. The van der Waals surface area contributed by atoms with E-state index >= 15 is 0 Å². The first-order valence-electron chi connectivity index (χ1n) is 7.22. The zero-order chi connectivity index (χ0) is 14.1. The number of aryl methyl sites for hydroxylation is 1. The van der Waals surface area contributed by atoms with Crippen molar-refractivity contribution in [1.82, 2.24) is 9.80 Å². The Morgan fingerprint density at radius 1 is 1.20 bits per heavy atom. The number of hydrogen-bond acceptors (Lipinski definition) is 4. The molecule has 108 valence electrons. The molecular formula is C16H22N2OS. The Labute approximate surface area is 124 Å². The third-order valence-electron chi connectivity index (χ3n) is 4.18. The number of benzene rings is 1. The van der Waals surface area contributed by atoms with E-state index in [-0.39, 0.29) is 6.10 Å². The maximum atomic E-state index is 10.7. The summed E-state index contributed by atoms with van der Waals surface area (Å²) in [5.74, 6) is 0. The molecule has 0 spiro atoms. The van der Waals surface area contributed by atoms with Crippen LogP contribution >= 0.6 is 11.3 Å². The molecule has 0 amide bonds. The summed E-state index contributed by atoms with van der Waals surface area (Å²) < 4.78 is 1.28. The molecule has 2 aromatic rings. The van der Waals surface area contributed by atoms with Crippen molar-refractivity contribution in [2.45, 2.75) is 13.0 Å². The zero-order valence-electron chi connectivity index (χ0n) is 12.2. The van der Waals surface area contributed by atoms with E-state index in [1.54, 1.807) is 11.3 Å². The van der Waals surface area contributed by atoms with Crippen LogP contribution in [-0.2, 0) is 0 Å². The third kappa shape index (κ3) is 2.74. The van der Waals surface area contributed by atoms with Gasteiger partial charge in [-0.1, -0.05) is 18.2 Å². The number of rotatable bonds is 3. The highest BCUT2D eigenvalue weighted by atomic mass is 32.1. The number of thiophene rings is 1. The van der Waals surface area contributed by atoms with Crippen molar-refractivity contribution in [3.63, 3.8) is 0 Å². The van der Waals surface area contributed by atoms with Crippen molar-refractivity contribution >= 4 is 21.4 Å². The first-order chi connectivity index (χ1) is 9.65. The van der Waals surface area contributed by atoms with E-state index in [4.69, 9.17) is 0 Å². The van der Waals surface area contributed by atoms with Crippen molar-refractivity contribution in [2.75, 3.05) is 39.8 Å². The number of β-amino-alcohol motifs (C(OH)–C–C–N with tert-alkyl or cyclic N) is 1. The highest BCUT2D eigenvalue weighted by molar-refractivity contribution is 7.19. The Bertz CT molecular complexity index is 587. The van der Waals surface area contributed by atoms with Gasteiger partial charge in [0, 0.05) is 47.9 Å². The average molecular weight is 290 g/mol. The topological polar surface area (TPSA) is 26.7 Å². The molecule has 1 N–H and O–H groups in total. The molecular weight excluding hydrogens is 268 g/mol. The number of fused-ring (bicyclic) bond motifs is 1. The van der Waals surface area contributed by atoms with E-state index in [2.05, 4.69) is 48.0 Å². The molecule has 1 aromatic heterocycles. The molecule has 1 saturated heterocycles. The lowest BCUT2D eigenvalue weighted by Crippen LogP contribution is -2.45. The van der Waals surface area contributed by atoms with Crippen molar-refractivity contribution in [3.05, 3.63) is 34.7 Å². The zero-order valence-corrected chi connectivity index (χ0v) is 13.0. The van der Waals surface area contributed by atoms with Crippen LogP contribution in [0, 0.1) is 6.92 Å². The summed E-state index contributed by atoms with van der Waals surface area (Å²) in [6, 6.07) is 8.38. The van der Waals surface area contributed by atoms with Gasteiger partial charge in [0.05, 0.1) is 6.10 Å². The van der Waals surface area contributed by atoms with Gasteiger partial charge in [0.2, 0.25) is 0 Å². The summed E-state index contributed by atoms with van der Waals surface area (Å²) in [6.45, 7) is 7.15. The maximum absolute atomic E-state index is 10.7. The first-order valence-corrected chi connectivity index (χ1v) is 8.04. The molecule has 2 heterocycles. The smallest absolute Gasteiger partial charge is 0.0933 e. The molecule has 1 aliphatic heterocycles. The molecule has 0 radical (unpaired) electrons. The molecule has 1 aromatic carbocycles. The van der Waals surface area contributed by atoms with Crippen LogP contribution in [0.2, 0.25) is 0 Å². The fourth-order valence-electron chi connectivity index (χ4n) is 2.97. The summed E-state index contributed by atoms with van der Waals surface area (Å²) in [7, 11) is 2.16.